The van der Waals surface area contributed by atoms with Gasteiger partial charge in [0.15, 0.2) is 0 Å². The molecule has 0 heterocycles. The zero-order valence-electron chi connectivity index (χ0n) is 8.94. The van der Waals surface area contributed by atoms with E-state index in [1.165, 1.54) is 0 Å². The molecule has 0 aromatic rings. The number of halogens is 1. The standard InChI is InChI=1S/2C5H5.C2H6O.ClH.Hf/c2*1-2-4-5-3-1;1-2-3;;/h2*1-3H,4H2;3H,2H2,1H3;1H;/q2*-1;;;. The number of allylic oxidation sites excluding steroid dienone is 8. The van der Waals surface area contributed by atoms with Crippen LogP contribution < -0.4 is 0 Å². The van der Waals surface area contributed by atoms with Crippen LogP contribution in [0.1, 0.15) is 19.8 Å². The Balaban J connectivity index is -0.000000140. The van der Waals surface area contributed by atoms with Gasteiger partial charge in [0, 0.05) is 32.5 Å². The molecule has 0 saturated heterocycles. The van der Waals surface area contributed by atoms with Crippen LogP contribution in [0, 0.1) is 12.2 Å². The van der Waals surface area contributed by atoms with Gasteiger partial charge in [-0.15, -0.1) is 25.2 Å². The summed E-state index contributed by atoms with van der Waals surface area (Å²) in [6.07, 6.45) is 20.0. The van der Waals surface area contributed by atoms with E-state index in [0.29, 0.717) is 0 Å². The van der Waals surface area contributed by atoms with E-state index in [2.05, 4.69) is 24.3 Å². The average Bonchev–Trinajstić information content (AvgIpc) is 2.85. The van der Waals surface area contributed by atoms with Gasteiger partial charge in [-0.25, -0.2) is 24.3 Å². The van der Waals surface area contributed by atoms with Crippen LogP contribution in [0.2, 0.25) is 0 Å². The molecule has 1 N–H and O–H groups in total. The van der Waals surface area contributed by atoms with E-state index >= 15 is 0 Å². The predicted molar refractivity (Wildman–Crippen MR) is 63.1 cm³/mol. The molecule has 0 saturated carbocycles. The Morgan fingerprint density at radius 3 is 1.47 bits per heavy atom. The normalized spacial score (nSPS) is 12.9. The largest absolute Gasteiger partial charge is 0.397 e. The fourth-order valence-corrected chi connectivity index (χ4v) is 0.680. The zero-order valence-corrected chi connectivity index (χ0v) is 13.4. The number of aliphatic hydroxyl groups excluding tert-OH is 1. The van der Waals surface area contributed by atoms with Gasteiger partial charge < -0.3 is 5.11 Å². The van der Waals surface area contributed by atoms with Gasteiger partial charge in [-0.3, -0.25) is 12.2 Å². The Kier molecular flexibility index (Phi) is 26.8. The molecule has 0 aromatic heterocycles. The minimum Gasteiger partial charge on any atom is -0.397 e. The molecule has 3 heteroatoms. The van der Waals surface area contributed by atoms with Crippen molar-refractivity contribution >= 4 is 12.4 Å². The molecule has 0 fully saturated rings. The molecular weight excluding hydrogens is 374 g/mol. The Morgan fingerprint density at radius 2 is 1.40 bits per heavy atom. The first-order valence-electron chi connectivity index (χ1n) is 4.46. The minimum atomic E-state index is 0. The summed E-state index contributed by atoms with van der Waals surface area (Å²) >= 11 is 0. The number of rotatable bonds is 0. The number of hydrogen-bond acceptors (Lipinski definition) is 1. The van der Waals surface area contributed by atoms with Gasteiger partial charge >= 0.3 is 0 Å². The van der Waals surface area contributed by atoms with E-state index < -0.39 is 0 Å². The van der Waals surface area contributed by atoms with Crippen LogP contribution in [0.5, 0.6) is 0 Å². The summed E-state index contributed by atoms with van der Waals surface area (Å²) in [7, 11) is 0. The summed E-state index contributed by atoms with van der Waals surface area (Å²) in [5, 5.41) is 7.57. The van der Waals surface area contributed by atoms with Crippen molar-refractivity contribution in [3.05, 3.63) is 48.6 Å². The van der Waals surface area contributed by atoms with Gasteiger partial charge in [-0.1, -0.05) is 0 Å². The maximum absolute atomic E-state index is 7.57. The summed E-state index contributed by atoms with van der Waals surface area (Å²) in [5.41, 5.74) is 0. The first-order chi connectivity index (χ1) is 6.41. The molecule has 0 atom stereocenters. The molecule has 0 radical (unpaired) electrons. The van der Waals surface area contributed by atoms with E-state index in [1.807, 2.05) is 24.3 Å². The molecule has 0 spiro atoms. The molecule has 15 heavy (non-hydrogen) atoms. The van der Waals surface area contributed by atoms with Crippen LogP contribution >= 0.6 is 12.4 Å². The third-order valence-electron chi connectivity index (χ3n) is 1.17. The second-order valence-corrected chi connectivity index (χ2v) is 2.32. The Labute approximate surface area is 118 Å². The monoisotopic (exact) mass is 392 g/mol. The quantitative estimate of drug-likeness (QED) is 0.497. The van der Waals surface area contributed by atoms with Crippen LogP contribution in [0.25, 0.3) is 0 Å². The molecule has 0 unspecified atom stereocenters. The topological polar surface area (TPSA) is 20.2 Å². The van der Waals surface area contributed by atoms with E-state index in [9.17, 15) is 0 Å². The maximum atomic E-state index is 7.57. The first-order valence-corrected chi connectivity index (χ1v) is 4.46. The average molecular weight is 391 g/mol. The first kappa shape index (κ1) is 20.5. The summed E-state index contributed by atoms with van der Waals surface area (Å²) in [6, 6.07) is 0. The van der Waals surface area contributed by atoms with E-state index in [-0.39, 0.29) is 44.9 Å². The van der Waals surface area contributed by atoms with Crippen molar-refractivity contribution < 1.29 is 30.9 Å². The summed E-state index contributed by atoms with van der Waals surface area (Å²) in [6.45, 7) is 1.93. The molecule has 2 aliphatic rings. The predicted octanol–water partition coefficient (Wildman–Crippen LogP) is 3.03. The SMILES string of the molecule is CCO.Cl.[C-]1=CC=CC1.[C-]1=CC=CC1.[Hf]. The van der Waals surface area contributed by atoms with Crippen LogP contribution in [0.3, 0.4) is 0 Å². The van der Waals surface area contributed by atoms with E-state index in [4.69, 9.17) is 5.11 Å². The van der Waals surface area contributed by atoms with E-state index in [0.717, 1.165) is 12.8 Å². The van der Waals surface area contributed by atoms with Gasteiger partial charge in [-0.2, -0.15) is 12.2 Å². The fourth-order valence-electron chi connectivity index (χ4n) is 0.680. The Hall–Kier alpha value is 0.0801. The Bertz CT molecular complexity index is 166. The van der Waals surface area contributed by atoms with Crippen molar-refractivity contribution in [1.29, 1.82) is 0 Å². The van der Waals surface area contributed by atoms with Crippen molar-refractivity contribution in [2.75, 3.05) is 6.61 Å². The molecular formula is C12H17ClHfO-2. The Morgan fingerprint density at radius 1 is 1.07 bits per heavy atom. The van der Waals surface area contributed by atoms with Gasteiger partial charge in [-0.05, 0) is 6.92 Å². The molecule has 0 bridgehead atoms. The molecule has 0 aliphatic heterocycles. The van der Waals surface area contributed by atoms with Crippen molar-refractivity contribution in [3.8, 4) is 0 Å². The van der Waals surface area contributed by atoms with E-state index in [1.54, 1.807) is 6.92 Å². The fraction of sp³-hybridized carbons (Fsp3) is 0.333. The summed E-state index contributed by atoms with van der Waals surface area (Å²) in [5.74, 6) is 0. The van der Waals surface area contributed by atoms with Gasteiger partial charge in [0.2, 0.25) is 0 Å². The van der Waals surface area contributed by atoms with Crippen molar-refractivity contribution in [3.63, 3.8) is 0 Å². The second-order valence-electron chi connectivity index (χ2n) is 2.32. The molecule has 0 amide bonds. The third-order valence-corrected chi connectivity index (χ3v) is 1.17. The van der Waals surface area contributed by atoms with Crippen LogP contribution in [-0.2, 0) is 25.8 Å². The molecule has 0 aromatic carbocycles. The van der Waals surface area contributed by atoms with Crippen molar-refractivity contribution in [2.24, 2.45) is 0 Å². The van der Waals surface area contributed by atoms with Crippen molar-refractivity contribution in [1.82, 2.24) is 0 Å². The summed E-state index contributed by atoms with van der Waals surface area (Å²) in [4.78, 5) is 0. The zero-order chi connectivity index (χ0) is 9.78. The molecule has 2 rings (SSSR count). The van der Waals surface area contributed by atoms with Crippen LogP contribution in [0.15, 0.2) is 36.5 Å². The van der Waals surface area contributed by atoms with Crippen LogP contribution in [-0.4, -0.2) is 11.7 Å². The third kappa shape index (κ3) is 20.2. The minimum absolute atomic E-state index is 0. The van der Waals surface area contributed by atoms with Gasteiger partial charge in [0.1, 0.15) is 0 Å². The smallest absolute Gasteiger partial charge is 0.0402 e. The van der Waals surface area contributed by atoms with Gasteiger partial charge in [0.05, 0.1) is 0 Å². The molecule has 84 valence electrons. The summed E-state index contributed by atoms with van der Waals surface area (Å²) < 4.78 is 0. The van der Waals surface area contributed by atoms with Gasteiger partial charge in [0.25, 0.3) is 0 Å². The molecule has 2 aliphatic carbocycles. The molecule has 1 nitrogen and oxygen atoms in total. The van der Waals surface area contributed by atoms with Crippen molar-refractivity contribution in [2.45, 2.75) is 19.8 Å². The number of hydrogen-bond donors (Lipinski definition) is 1. The number of aliphatic hydroxyl groups is 1. The van der Waals surface area contributed by atoms with Crippen LogP contribution in [0.4, 0.5) is 0 Å². The maximum Gasteiger partial charge on any atom is 0.0402 e. The second kappa shape index (κ2) is 19.6.